The molecular formula is C17H24N2O3. The van der Waals surface area contributed by atoms with Gasteiger partial charge in [-0.3, -0.25) is 4.79 Å². The molecule has 0 unspecified atom stereocenters. The normalized spacial score (nSPS) is 25.2. The maximum Gasteiger partial charge on any atom is 0.227 e. The van der Waals surface area contributed by atoms with Gasteiger partial charge in [-0.05, 0) is 43.5 Å². The molecule has 2 aliphatic heterocycles. The summed E-state index contributed by atoms with van der Waals surface area (Å²) in [6.45, 7) is 2.75. The highest BCUT2D eigenvalue weighted by molar-refractivity contribution is 5.79. The Bertz CT molecular complexity index is 547. The van der Waals surface area contributed by atoms with E-state index >= 15 is 0 Å². The van der Waals surface area contributed by atoms with Crippen molar-refractivity contribution in [1.82, 2.24) is 10.2 Å². The molecule has 1 fully saturated rings. The van der Waals surface area contributed by atoms with Crippen LogP contribution in [0.3, 0.4) is 0 Å². The number of aryl methyl sites for hydroxylation is 1. The SMILES string of the molecule is CN1CC[C@H](O)[C@H](C(=O)NCc2ccc3c(c2)CCCO3)C1. The summed E-state index contributed by atoms with van der Waals surface area (Å²) in [5, 5.41) is 13.0. The standard InChI is InChI=1S/C17H24N2O3/c1-19-7-6-15(20)14(11-19)17(21)18-10-12-4-5-16-13(9-12)3-2-8-22-16/h4-5,9,14-15,20H,2-3,6-8,10-11H2,1H3,(H,18,21)/t14-,15+/m1/s1. The van der Waals surface area contributed by atoms with Gasteiger partial charge in [-0.15, -0.1) is 0 Å². The van der Waals surface area contributed by atoms with Crippen LogP contribution in [0.15, 0.2) is 18.2 Å². The molecular weight excluding hydrogens is 280 g/mol. The van der Waals surface area contributed by atoms with Crippen molar-refractivity contribution in [2.45, 2.75) is 31.9 Å². The average Bonchev–Trinajstić information content (AvgIpc) is 2.54. The van der Waals surface area contributed by atoms with Gasteiger partial charge in [0, 0.05) is 19.6 Å². The molecule has 2 heterocycles. The molecule has 1 saturated heterocycles. The third-order valence-corrected chi connectivity index (χ3v) is 4.56. The lowest BCUT2D eigenvalue weighted by atomic mass is 9.94. The maximum atomic E-state index is 12.3. The van der Waals surface area contributed by atoms with E-state index in [0.29, 0.717) is 19.5 Å². The van der Waals surface area contributed by atoms with E-state index in [1.165, 1.54) is 5.56 Å². The minimum absolute atomic E-state index is 0.0620. The highest BCUT2D eigenvalue weighted by Gasteiger charge is 2.31. The highest BCUT2D eigenvalue weighted by atomic mass is 16.5. The van der Waals surface area contributed by atoms with Crippen molar-refractivity contribution < 1.29 is 14.6 Å². The van der Waals surface area contributed by atoms with Crippen LogP contribution in [-0.4, -0.2) is 48.8 Å². The third-order valence-electron chi connectivity index (χ3n) is 4.56. The van der Waals surface area contributed by atoms with Crippen LogP contribution in [0, 0.1) is 5.92 Å². The van der Waals surface area contributed by atoms with E-state index in [9.17, 15) is 9.90 Å². The van der Waals surface area contributed by atoms with Crippen LogP contribution in [0.2, 0.25) is 0 Å². The lowest BCUT2D eigenvalue weighted by molar-refractivity contribution is -0.131. The van der Waals surface area contributed by atoms with Crippen molar-refractivity contribution in [3.05, 3.63) is 29.3 Å². The van der Waals surface area contributed by atoms with Crippen molar-refractivity contribution in [3.8, 4) is 5.75 Å². The lowest BCUT2D eigenvalue weighted by Crippen LogP contribution is -2.48. The molecule has 0 bridgehead atoms. The van der Waals surface area contributed by atoms with Crippen LogP contribution in [0.25, 0.3) is 0 Å². The molecule has 2 atom stereocenters. The van der Waals surface area contributed by atoms with E-state index in [1.54, 1.807) is 0 Å². The predicted octanol–water partition coefficient (Wildman–Crippen LogP) is 0.940. The van der Waals surface area contributed by atoms with Gasteiger partial charge in [0.1, 0.15) is 5.75 Å². The minimum Gasteiger partial charge on any atom is -0.493 e. The molecule has 0 spiro atoms. The maximum absolute atomic E-state index is 12.3. The number of piperidine rings is 1. The summed E-state index contributed by atoms with van der Waals surface area (Å²) in [6.07, 6.45) is 2.20. The summed E-state index contributed by atoms with van der Waals surface area (Å²) in [5.41, 5.74) is 2.30. The topological polar surface area (TPSA) is 61.8 Å². The van der Waals surface area contributed by atoms with Gasteiger partial charge in [0.05, 0.1) is 18.6 Å². The van der Waals surface area contributed by atoms with Crippen molar-refractivity contribution in [2.24, 2.45) is 5.92 Å². The monoisotopic (exact) mass is 304 g/mol. The summed E-state index contributed by atoms with van der Waals surface area (Å²) in [6, 6.07) is 6.09. The number of fused-ring (bicyclic) bond motifs is 1. The number of rotatable bonds is 3. The van der Waals surface area contributed by atoms with E-state index in [0.717, 1.165) is 37.3 Å². The van der Waals surface area contributed by atoms with Crippen molar-refractivity contribution >= 4 is 5.91 Å². The Morgan fingerprint density at radius 2 is 2.36 bits per heavy atom. The average molecular weight is 304 g/mol. The summed E-state index contributed by atoms with van der Waals surface area (Å²) < 4.78 is 5.60. The molecule has 0 aromatic heterocycles. The number of likely N-dealkylation sites (tertiary alicyclic amines) is 1. The second kappa shape index (κ2) is 6.67. The van der Waals surface area contributed by atoms with Gasteiger partial charge in [-0.1, -0.05) is 12.1 Å². The number of nitrogens with zero attached hydrogens (tertiary/aromatic N) is 1. The lowest BCUT2D eigenvalue weighted by Gasteiger charge is -2.32. The molecule has 0 radical (unpaired) electrons. The number of hydrogen-bond donors (Lipinski definition) is 2. The first-order valence-corrected chi connectivity index (χ1v) is 8.02. The fraction of sp³-hybridized carbons (Fsp3) is 0.588. The molecule has 0 saturated carbocycles. The van der Waals surface area contributed by atoms with E-state index < -0.39 is 6.10 Å². The molecule has 120 valence electrons. The second-order valence-corrected chi connectivity index (χ2v) is 6.34. The summed E-state index contributed by atoms with van der Waals surface area (Å²) in [4.78, 5) is 14.4. The quantitative estimate of drug-likeness (QED) is 0.872. The third kappa shape index (κ3) is 3.42. The summed E-state index contributed by atoms with van der Waals surface area (Å²) >= 11 is 0. The number of ether oxygens (including phenoxy) is 1. The Kier molecular flexibility index (Phi) is 4.64. The van der Waals surface area contributed by atoms with Gasteiger partial charge in [0.15, 0.2) is 0 Å². The zero-order valence-electron chi connectivity index (χ0n) is 13.0. The van der Waals surface area contributed by atoms with Crippen LogP contribution in [0.4, 0.5) is 0 Å². The van der Waals surface area contributed by atoms with Crippen LogP contribution in [-0.2, 0) is 17.8 Å². The van der Waals surface area contributed by atoms with Gasteiger partial charge in [-0.2, -0.15) is 0 Å². The van der Waals surface area contributed by atoms with Crippen molar-refractivity contribution in [2.75, 3.05) is 26.7 Å². The zero-order chi connectivity index (χ0) is 15.5. The van der Waals surface area contributed by atoms with Crippen LogP contribution >= 0.6 is 0 Å². The van der Waals surface area contributed by atoms with Gasteiger partial charge in [-0.25, -0.2) is 0 Å². The number of hydrogen-bond acceptors (Lipinski definition) is 4. The number of carbonyl (C=O) groups is 1. The summed E-state index contributed by atoms with van der Waals surface area (Å²) in [7, 11) is 1.98. The first-order valence-electron chi connectivity index (χ1n) is 8.02. The molecule has 1 amide bonds. The van der Waals surface area contributed by atoms with Crippen molar-refractivity contribution in [3.63, 3.8) is 0 Å². The Balaban J connectivity index is 1.58. The molecule has 22 heavy (non-hydrogen) atoms. The van der Waals surface area contributed by atoms with Crippen molar-refractivity contribution in [1.29, 1.82) is 0 Å². The number of nitrogens with one attached hydrogen (secondary N) is 1. The second-order valence-electron chi connectivity index (χ2n) is 6.34. The number of aliphatic hydroxyl groups is 1. The van der Waals surface area contributed by atoms with E-state index in [2.05, 4.69) is 16.3 Å². The summed E-state index contributed by atoms with van der Waals surface area (Å²) in [5.74, 6) is 0.568. The molecule has 5 heteroatoms. The number of benzene rings is 1. The van der Waals surface area contributed by atoms with Crippen LogP contribution in [0.1, 0.15) is 24.0 Å². The molecule has 0 aliphatic carbocycles. The molecule has 2 N–H and O–H groups in total. The number of amides is 1. The van der Waals surface area contributed by atoms with Gasteiger partial charge >= 0.3 is 0 Å². The number of carbonyl (C=O) groups excluding carboxylic acids is 1. The van der Waals surface area contributed by atoms with E-state index in [1.807, 2.05) is 19.2 Å². The molecule has 5 nitrogen and oxygen atoms in total. The Hall–Kier alpha value is -1.59. The van der Waals surface area contributed by atoms with Gasteiger partial charge in [0.2, 0.25) is 5.91 Å². The molecule has 2 aliphatic rings. The predicted molar refractivity (Wildman–Crippen MR) is 83.7 cm³/mol. The van der Waals surface area contributed by atoms with Gasteiger partial charge < -0.3 is 20.1 Å². The van der Waals surface area contributed by atoms with Crippen LogP contribution in [0.5, 0.6) is 5.75 Å². The van der Waals surface area contributed by atoms with E-state index in [-0.39, 0.29) is 11.8 Å². The largest absolute Gasteiger partial charge is 0.493 e. The first-order chi connectivity index (χ1) is 10.6. The zero-order valence-corrected chi connectivity index (χ0v) is 13.0. The smallest absolute Gasteiger partial charge is 0.227 e. The number of aliphatic hydroxyl groups excluding tert-OH is 1. The highest BCUT2D eigenvalue weighted by Crippen LogP contribution is 2.25. The Labute approximate surface area is 131 Å². The molecule has 3 rings (SSSR count). The van der Waals surface area contributed by atoms with E-state index in [4.69, 9.17) is 4.74 Å². The van der Waals surface area contributed by atoms with Gasteiger partial charge in [0.25, 0.3) is 0 Å². The first kappa shape index (κ1) is 15.3. The molecule has 1 aromatic rings. The Morgan fingerprint density at radius 3 is 3.23 bits per heavy atom. The fourth-order valence-electron chi connectivity index (χ4n) is 3.20. The Morgan fingerprint density at radius 1 is 1.50 bits per heavy atom. The molecule has 1 aromatic carbocycles. The van der Waals surface area contributed by atoms with Crippen LogP contribution < -0.4 is 10.1 Å². The minimum atomic E-state index is -0.534. The fourth-order valence-corrected chi connectivity index (χ4v) is 3.20.